The number of azo groups is 1. The van der Waals surface area contributed by atoms with E-state index in [1.165, 1.54) is 18.4 Å². The van der Waals surface area contributed by atoms with Crippen molar-refractivity contribution in [2.24, 2.45) is 10.2 Å². The van der Waals surface area contributed by atoms with Crippen LogP contribution >= 0.6 is 0 Å². The summed E-state index contributed by atoms with van der Waals surface area (Å²) in [5.41, 5.74) is 2.70. The number of piperidine rings is 1. The van der Waals surface area contributed by atoms with E-state index in [9.17, 15) is 4.79 Å². The molecule has 0 aliphatic carbocycles. The largest absolute Gasteiger partial charge is 0.444 e. The fourth-order valence-corrected chi connectivity index (χ4v) is 3.48. The second-order valence-electron chi connectivity index (χ2n) is 8.60. The molecule has 0 unspecified atom stereocenters. The lowest BCUT2D eigenvalue weighted by Gasteiger charge is -2.36. The highest BCUT2D eigenvalue weighted by Gasteiger charge is 2.38. The van der Waals surface area contributed by atoms with Gasteiger partial charge in [-0.15, -0.1) is 0 Å². The summed E-state index contributed by atoms with van der Waals surface area (Å²) in [6, 6.07) is 8.67. The zero-order valence-electron chi connectivity index (χ0n) is 17.0. The molecule has 5 nitrogen and oxygen atoms in total. The Hall–Kier alpha value is -2.17. The van der Waals surface area contributed by atoms with Crippen LogP contribution in [0.25, 0.3) is 5.70 Å². The van der Waals surface area contributed by atoms with Crippen molar-refractivity contribution in [3.63, 3.8) is 0 Å². The number of likely N-dealkylation sites (tertiary alicyclic amines) is 1. The fourth-order valence-electron chi connectivity index (χ4n) is 3.48. The zero-order valence-corrected chi connectivity index (χ0v) is 17.0. The number of benzene rings is 1. The van der Waals surface area contributed by atoms with E-state index in [0.717, 1.165) is 30.5 Å². The van der Waals surface area contributed by atoms with Gasteiger partial charge in [-0.3, -0.25) is 0 Å². The molecule has 1 fully saturated rings. The highest BCUT2D eigenvalue weighted by molar-refractivity contribution is 5.69. The molecular weight excluding hydrogens is 338 g/mol. The van der Waals surface area contributed by atoms with Gasteiger partial charge in [0.2, 0.25) is 0 Å². The molecule has 146 valence electrons. The van der Waals surface area contributed by atoms with E-state index in [-0.39, 0.29) is 11.6 Å². The average molecular weight is 370 g/mol. The van der Waals surface area contributed by atoms with Gasteiger partial charge in [-0.05, 0) is 58.1 Å². The van der Waals surface area contributed by atoms with Crippen LogP contribution in [0.4, 0.5) is 4.79 Å². The maximum atomic E-state index is 12.2. The Morgan fingerprint density at radius 2 is 1.85 bits per heavy atom. The van der Waals surface area contributed by atoms with E-state index in [0.29, 0.717) is 13.1 Å². The summed E-state index contributed by atoms with van der Waals surface area (Å²) in [6.07, 6.45) is 7.08. The Balaban J connectivity index is 1.61. The van der Waals surface area contributed by atoms with Gasteiger partial charge in [0.1, 0.15) is 11.1 Å². The summed E-state index contributed by atoms with van der Waals surface area (Å²) < 4.78 is 5.48. The van der Waals surface area contributed by atoms with Crippen LogP contribution in [-0.2, 0) is 11.2 Å². The van der Waals surface area contributed by atoms with Gasteiger partial charge in [0.05, 0.1) is 5.70 Å². The first-order valence-electron chi connectivity index (χ1n) is 10.0. The summed E-state index contributed by atoms with van der Waals surface area (Å²) in [4.78, 5) is 14.0. The minimum atomic E-state index is -0.463. The normalized spacial score (nSPS) is 18.7. The molecule has 1 saturated heterocycles. The van der Waals surface area contributed by atoms with Gasteiger partial charge >= 0.3 is 6.09 Å². The third-order valence-electron chi connectivity index (χ3n) is 5.11. The van der Waals surface area contributed by atoms with Gasteiger partial charge in [0.25, 0.3) is 0 Å². The molecule has 1 aromatic carbocycles. The quantitative estimate of drug-likeness (QED) is 0.693. The Labute approximate surface area is 162 Å². The molecule has 5 heteroatoms. The number of hydrogen-bond donors (Lipinski definition) is 0. The number of amides is 1. The lowest BCUT2D eigenvalue weighted by atomic mass is 9.87. The molecule has 1 aromatic rings. The van der Waals surface area contributed by atoms with Crippen LogP contribution in [0.3, 0.4) is 0 Å². The SMILES string of the molecule is CCCCc1ccc(C2=CC3(CCN(C(=O)OC(C)(C)C)CC3)N=N2)cc1. The van der Waals surface area contributed by atoms with Gasteiger partial charge in [0.15, 0.2) is 0 Å². The van der Waals surface area contributed by atoms with E-state index in [1.54, 1.807) is 4.90 Å². The molecular formula is C22H31N3O2. The highest BCUT2D eigenvalue weighted by Crippen LogP contribution is 2.37. The number of nitrogens with zero attached hydrogens (tertiary/aromatic N) is 3. The van der Waals surface area contributed by atoms with Crippen molar-refractivity contribution in [2.75, 3.05) is 13.1 Å². The van der Waals surface area contributed by atoms with Crippen LogP contribution in [0.5, 0.6) is 0 Å². The molecule has 1 spiro atoms. The van der Waals surface area contributed by atoms with Crippen LogP contribution < -0.4 is 0 Å². The van der Waals surface area contributed by atoms with Crippen molar-refractivity contribution >= 4 is 11.8 Å². The molecule has 2 heterocycles. The first-order valence-corrected chi connectivity index (χ1v) is 10.0. The lowest BCUT2D eigenvalue weighted by molar-refractivity contribution is 0.0187. The molecule has 0 atom stereocenters. The Kier molecular flexibility index (Phi) is 5.68. The van der Waals surface area contributed by atoms with Crippen molar-refractivity contribution in [2.45, 2.75) is 70.9 Å². The second kappa shape index (κ2) is 7.83. The molecule has 2 aliphatic rings. The Morgan fingerprint density at radius 3 is 2.44 bits per heavy atom. The number of rotatable bonds is 4. The fraction of sp³-hybridized carbons (Fsp3) is 0.591. The van der Waals surface area contributed by atoms with Crippen molar-refractivity contribution in [3.05, 3.63) is 41.5 Å². The standard InChI is InChI=1S/C22H31N3O2/c1-5-6-7-17-8-10-18(11-9-17)19-16-22(24-23-19)12-14-25(15-13-22)20(26)27-21(2,3)4/h8-11,16H,5-7,12-15H2,1-4H3. The third-order valence-corrected chi connectivity index (χ3v) is 5.11. The molecule has 0 bridgehead atoms. The molecule has 0 radical (unpaired) electrons. The third kappa shape index (κ3) is 4.96. The zero-order chi connectivity index (χ0) is 19.5. The van der Waals surface area contributed by atoms with Crippen LogP contribution in [0, 0.1) is 0 Å². The summed E-state index contributed by atoms with van der Waals surface area (Å²) in [6.45, 7) is 9.19. The van der Waals surface area contributed by atoms with E-state index < -0.39 is 5.60 Å². The highest BCUT2D eigenvalue weighted by atomic mass is 16.6. The minimum Gasteiger partial charge on any atom is -0.444 e. The average Bonchev–Trinajstić information content (AvgIpc) is 3.03. The van der Waals surface area contributed by atoms with Crippen molar-refractivity contribution in [1.82, 2.24) is 4.90 Å². The number of carbonyl (C=O) groups excluding carboxylic acids is 1. The predicted octanol–water partition coefficient (Wildman–Crippen LogP) is 5.61. The van der Waals surface area contributed by atoms with E-state index in [1.807, 2.05) is 20.8 Å². The van der Waals surface area contributed by atoms with E-state index in [4.69, 9.17) is 4.74 Å². The maximum absolute atomic E-state index is 12.2. The van der Waals surface area contributed by atoms with Gasteiger partial charge < -0.3 is 9.64 Å². The van der Waals surface area contributed by atoms with E-state index in [2.05, 4.69) is 47.5 Å². The second-order valence-corrected chi connectivity index (χ2v) is 8.60. The summed E-state index contributed by atoms with van der Waals surface area (Å²) in [5, 5.41) is 9.03. The molecule has 2 aliphatic heterocycles. The molecule has 0 aromatic heterocycles. The van der Waals surface area contributed by atoms with Crippen LogP contribution in [0.15, 0.2) is 40.6 Å². The van der Waals surface area contributed by atoms with Crippen LogP contribution in [-0.4, -0.2) is 35.2 Å². The molecule has 0 N–H and O–H groups in total. The number of aryl methyl sites for hydroxylation is 1. The van der Waals surface area contributed by atoms with Crippen molar-refractivity contribution in [3.8, 4) is 0 Å². The summed E-state index contributed by atoms with van der Waals surface area (Å²) in [7, 11) is 0. The van der Waals surface area contributed by atoms with Crippen molar-refractivity contribution in [1.29, 1.82) is 0 Å². The van der Waals surface area contributed by atoms with Gasteiger partial charge in [-0.2, -0.15) is 10.2 Å². The van der Waals surface area contributed by atoms with Gasteiger partial charge in [-0.1, -0.05) is 37.6 Å². The first-order chi connectivity index (χ1) is 12.8. The molecule has 3 rings (SSSR count). The Bertz CT molecular complexity index is 721. The smallest absolute Gasteiger partial charge is 0.410 e. The molecule has 27 heavy (non-hydrogen) atoms. The van der Waals surface area contributed by atoms with E-state index >= 15 is 0 Å². The van der Waals surface area contributed by atoms with Crippen LogP contribution in [0.1, 0.15) is 64.5 Å². The number of ether oxygens (including phenoxy) is 1. The maximum Gasteiger partial charge on any atom is 0.410 e. The Morgan fingerprint density at radius 1 is 1.19 bits per heavy atom. The molecule has 1 amide bonds. The van der Waals surface area contributed by atoms with Crippen molar-refractivity contribution < 1.29 is 9.53 Å². The van der Waals surface area contributed by atoms with Gasteiger partial charge in [-0.25, -0.2) is 4.79 Å². The number of carbonyl (C=O) groups is 1. The number of unbranched alkanes of at least 4 members (excludes halogenated alkanes) is 1. The lowest BCUT2D eigenvalue weighted by Crippen LogP contribution is -2.46. The summed E-state index contributed by atoms with van der Waals surface area (Å²) in [5.74, 6) is 0. The summed E-state index contributed by atoms with van der Waals surface area (Å²) >= 11 is 0. The minimum absolute atomic E-state index is 0.237. The molecule has 0 saturated carbocycles. The number of hydrogen-bond acceptors (Lipinski definition) is 4. The van der Waals surface area contributed by atoms with Crippen LogP contribution in [0.2, 0.25) is 0 Å². The monoisotopic (exact) mass is 369 g/mol. The topological polar surface area (TPSA) is 54.3 Å². The van der Waals surface area contributed by atoms with Gasteiger partial charge in [0, 0.05) is 18.7 Å². The first kappa shape index (κ1) is 19.6. The predicted molar refractivity (Wildman–Crippen MR) is 108 cm³/mol.